The van der Waals surface area contributed by atoms with Gasteiger partial charge in [-0.05, 0) is 55.5 Å². The number of hydrogen-bond donors (Lipinski definition) is 0. The maximum Gasteiger partial charge on any atom is 0.350 e. The van der Waals surface area contributed by atoms with Gasteiger partial charge in [0, 0.05) is 5.02 Å². The molecule has 0 radical (unpaired) electrons. The van der Waals surface area contributed by atoms with Crippen molar-refractivity contribution in [3.05, 3.63) is 104 Å². The molecule has 0 bridgehead atoms. The topological polar surface area (TPSA) is 78.1 Å². The van der Waals surface area contributed by atoms with Crippen LogP contribution in [-0.2, 0) is 10.0 Å². The van der Waals surface area contributed by atoms with Gasteiger partial charge in [-0.1, -0.05) is 41.4 Å². The third-order valence-electron chi connectivity index (χ3n) is 4.57. The van der Waals surface area contributed by atoms with Crippen LogP contribution >= 0.6 is 11.6 Å². The normalized spacial score (nSPS) is 11.7. The van der Waals surface area contributed by atoms with Crippen LogP contribution in [0.4, 0.5) is 0 Å². The summed E-state index contributed by atoms with van der Waals surface area (Å²) in [6, 6.07) is 18.3. The van der Waals surface area contributed by atoms with Crippen molar-refractivity contribution in [1.82, 2.24) is 8.54 Å². The van der Waals surface area contributed by atoms with Gasteiger partial charge < -0.3 is 0 Å². The summed E-state index contributed by atoms with van der Waals surface area (Å²) in [4.78, 5) is 26.2. The van der Waals surface area contributed by atoms with Crippen molar-refractivity contribution >= 4 is 32.5 Å². The Hall–Kier alpha value is -3.16. The molecule has 0 saturated carbocycles. The number of benzene rings is 3. The number of fused-ring (bicyclic) bond motifs is 1. The van der Waals surface area contributed by atoms with Gasteiger partial charge in [0.2, 0.25) is 0 Å². The molecule has 0 spiro atoms. The molecule has 0 unspecified atom stereocenters. The molecular formula is C21H15ClN2O4S. The molecule has 8 heteroatoms. The van der Waals surface area contributed by atoms with Crippen LogP contribution in [0.15, 0.2) is 87.3 Å². The Balaban J connectivity index is 2.14. The van der Waals surface area contributed by atoms with Gasteiger partial charge in [0.1, 0.15) is 0 Å². The van der Waals surface area contributed by atoms with Crippen LogP contribution in [0.1, 0.15) is 5.56 Å². The fourth-order valence-electron chi connectivity index (χ4n) is 3.10. The number of para-hydroxylation sites is 1. The van der Waals surface area contributed by atoms with Crippen LogP contribution in [0.5, 0.6) is 0 Å². The first-order valence-electron chi connectivity index (χ1n) is 8.66. The summed E-state index contributed by atoms with van der Waals surface area (Å²) < 4.78 is 28.2. The van der Waals surface area contributed by atoms with Gasteiger partial charge in [0.25, 0.3) is 15.6 Å². The Bertz CT molecular complexity index is 1450. The number of aromatic nitrogens is 2. The third-order valence-corrected chi connectivity index (χ3v) is 6.52. The Morgan fingerprint density at radius 1 is 0.828 bits per heavy atom. The molecule has 146 valence electrons. The zero-order chi connectivity index (χ0) is 20.8. The van der Waals surface area contributed by atoms with E-state index in [1.54, 1.807) is 36.4 Å². The van der Waals surface area contributed by atoms with Gasteiger partial charge in [-0.2, -0.15) is 3.97 Å². The molecule has 29 heavy (non-hydrogen) atoms. The Morgan fingerprint density at radius 3 is 2.10 bits per heavy atom. The molecule has 0 aliphatic rings. The zero-order valence-corrected chi connectivity index (χ0v) is 16.8. The lowest BCUT2D eigenvalue weighted by atomic mass is 10.2. The monoisotopic (exact) mass is 426 g/mol. The highest BCUT2D eigenvalue weighted by Crippen LogP contribution is 2.19. The summed E-state index contributed by atoms with van der Waals surface area (Å²) in [5.41, 5.74) is -0.307. The zero-order valence-electron chi connectivity index (χ0n) is 15.2. The summed E-state index contributed by atoms with van der Waals surface area (Å²) in [6.07, 6.45) is 0. The molecule has 0 N–H and O–H groups in total. The van der Waals surface area contributed by atoms with Crippen molar-refractivity contribution in [2.75, 3.05) is 0 Å². The van der Waals surface area contributed by atoms with E-state index in [0.717, 1.165) is 10.1 Å². The van der Waals surface area contributed by atoms with Gasteiger partial charge in [0.15, 0.2) is 0 Å². The molecule has 0 amide bonds. The van der Waals surface area contributed by atoms with Crippen LogP contribution in [0.2, 0.25) is 5.02 Å². The molecule has 4 rings (SSSR count). The summed E-state index contributed by atoms with van der Waals surface area (Å²) in [6.45, 7) is 1.87. The second kappa shape index (κ2) is 7.02. The molecule has 0 fully saturated rings. The van der Waals surface area contributed by atoms with Gasteiger partial charge in [-0.3, -0.25) is 4.79 Å². The highest BCUT2D eigenvalue weighted by atomic mass is 35.5. The van der Waals surface area contributed by atoms with Crippen LogP contribution in [0.3, 0.4) is 0 Å². The minimum atomic E-state index is -4.28. The van der Waals surface area contributed by atoms with E-state index in [0.29, 0.717) is 9.00 Å². The number of halogens is 1. The molecule has 0 aliphatic carbocycles. The van der Waals surface area contributed by atoms with Crippen LogP contribution in [0, 0.1) is 6.92 Å². The van der Waals surface area contributed by atoms with E-state index in [1.807, 2.05) is 6.92 Å². The number of rotatable bonds is 3. The molecule has 1 aromatic heterocycles. The second-order valence-electron chi connectivity index (χ2n) is 6.50. The van der Waals surface area contributed by atoms with Crippen molar-refractivity contribution in [3.63, 3.8) is 0 Å². The molecule has 4 aromatic rings. The number of aryl methyl sites for hydroxylation is 1. The third kappa shape index (κ3) is 3.18. The van der Waals surface area contributed by atoms with Gasteiger partial charge >= 0.3 is 5.69 Å². The van der Waals surface area contributed by atoms with E-state index in [4.69, 9.17) is 11.6 Å². The smallest absolute Gasteiger partial charge is 0.268 e. The highest BCUT2D eigenvalue weighted by Gasteiger charge is 2.25. The molecule has 0 saturated heterocycles. The molecule has 6 nitrogen and oxygen atoms in total. The van der Waals surface area contributed by atoms with Crippen molar-refractivity contribution in [2.24, 2.45) is 0 Å². The molecule has 3 aromatic carbocycles. The van der Waals surface area contributed by atoms with Crippen molar-refractivity contribution < 1.29 is 8.42 Å². The summed E-state index contributed by atoms with van der Waals surface area (Å²) in [5.74, 6) is 0. The van der Waals surface area contributed by atoms with Crippen molar-refractivity contribution in [2.45, 2.75) is 11.8 Å². The van der Waals surface area contributed by atoms with Gasteiger partial charge in [-0.25, -0.2) is 17.8 Å². The first-order valence-corrected chi connectivity index (χ1v) is 10.5. The van der Waals surface area contributed by atoms with E-state index < -0.39 is 21.3 Å². The van der Waals surface area contributed by atoms with E-state index in [1.165, 1.54) is 36.4 Å². The predicted molar refractivity (Wildman–Crippen MR) is 113 cm³/mol. The lowest BCUT2D eigenvalue weighted by molar-refractivity contribution is 0.584. The van der Waals surface area contributed by atoms with Crippen molar-refractivity contribution in [1.29, 1.82) is 0 Å². The maximum atomic E-state index is 13.3. The molecule has 0 aliphatic heterocycles. The molecule has 1 heterocycles. The SMILES string of the molecule is Cc1ccc(-n2c(=O)c3ccccc3n(S(=O)(=O)c3ccc(Cl)cc3)c2=O)cc1. The summed E-state index contributed by atoms with van der Waals surface area (Å²) in [7, 11) is -4.28. The van der Waals surface area contributed by atoms with Crippen LogP contribution < -0.4 is 11.2 Å². The first kappa shape index (κ1) is 19.2. The quantitative estimate of drug-likeness (QED) is 0.503. The van der Waals surface area contributed by atoms with E-state index in [9.17, 15) is 18.0 Å². The Morgan fingerprint density at radius 2 is 1.45 bits per heavy atom. The average molecular weight is 427 g/mol. The van der Waals surface area contributed by atoms with Gasteiger partial charge in [-0.15, -0.1) is 0 Å². The van der Waals surface area contributed by atoms with E-state index >= 15 is 0 Å². The first-order chi connectivity index (χ1) is 13.8. The minimum absolute atomic E-state index is 0.0146. The van der Waals surface area contributed by atoms with Crippen LogP contribution in [-0.4, -0.2) is 17.0 Å². The maximum absolute atomic E-state index is 13.3. The van der Waals surface area contributed by atoms with Crippen molar-refractivity contribution in [3.8, 4) is 5.69 Å². The fourth-order valence-corrected chi connectivity index (χ4v) is 4.62. The van der Waals surface area contributed by atoms with E-state index in [-0.39, 0.29) is 21.5 Å². The highest BCUT2D eigenvalue weighted by molar-refractivity contribution is 7.90. The van der Waals surface area contributed by atoms with E-state index in [2.05, 4.69) is 0 Å². The lowest BCUT2D eigenvalue weighted by Crippen LogP contribution is -2.41. The predicted octanol–water partition coefficient (Wildman–Crippen LogP) is 3.35. The number of nitrogens with zero attached hydrogens (tertiary/aromatic N) is 2. The van der Waals surface area contributed by atoms with Gasteiger partial charge in [0.05, 0.1) is 21.5 Å². The number of hydrogen-bond acceptors (Lipinski definition) is 4. The standard InChI is InChI=1S/C21H15ClN2O4S/c1-14-6-10-16(11-7-14)23-20(25)18-4-2-3-5-19(18)24(21(23)26)29(27,28)17-12-8-15(22)9-13-17/h2-13H,1H3. The fraction of sp³-hybridized carbons (Fsp3) is 0.0476. The summed E-state index contributed by atoms with van der Waals surface area (Å²) in [5, 5.41) is 0.482. The average Bonchev–Trinajstić information content (AvgIpc) is 2.70. The Kier molecular flexibility index (Phi) is 4.64. The molecule has 0 atom stereocenters. The Labute approximate surface area is 171 Å². The van der Waals surface area contributed by atoms with Crippen LogP contribution in [0.25, 0.3) is 16.6 Å². The minimum Gasteiger partial charge on any atom is -0.268 e. The summed E-state index contributed by atoms with van der Waals surface area (Å²) >= 11 is 5.86. The second-order valence-corrected chi connectivity index (χ2v) is 8.72. The largest absolute Gasteiger partial charge is 0.350 e. The lowest BCUT2D eigenvalue weighted by Gasteiger charge is -2.14. The molecular weight excluding hydrogens is 412 g/mol.